The highest BCUT2D eigenvalue weighted by molar-refractivity contribution is 8.18. The van der Waals surface area contributed by atoms with Gasteiger partial charge in [-0.05, 0) is 60.4 Å². The quantitative estimate of drug-likeness (QED) is 0.621. The van der Waals surface area contributed by atoms with Crippen LogP contribution in [-0.4, -0.2) is 22.5 Å². The van der Waals surface area contributed by atoms with Crippen molar-refractivity contribution in [2.75, 3.05) is 6.54 Å². The van der Waals surface area contributed by atoms with Gasteiger partial charge in [0.25, 0.3) is 5.91 Å². The third kappa shape index (κ3) is 4.51. The maximum absolute atomic E-state index is 12.8. The monoisotopic (exact) mass is 378 g/mol. The van der Waals surface area contributed by atoms with Crippen LogP contribution >= 0.6 is 11.8 Å². The molecular formula is C23H26N2OS. The molecule has 0 aliphatic carbocycles. The predicted octanol–water partition coefficient (Wildman–Crippen LogP) is 5.92. The first kappa shape index (κ1) is 19.4. The zero-order valence-electron chi connectivity index (χ0n) is 16.6. The standard InChI is InChI=1S/C23H26N2OS/c1-6-25-21(26)20(15-17-9-11-18(12-10-17)23(3,4)5)27-22(25)24-19-13-7-16(2)8-14-19/h7-15H,6H2,1-5H3/b20-15+,24-22?. The Kier molecular flexibility index (Phi) is 5.56. The Morgan fingerprint density at radius 3 is 2.22 bits per heavy atom. The topological polar surface area (TPSA) is 32.7 Å². The van der Waals surface area contributed by atoms with Gasteiger partial charge in [0.15, 0.2) is 5.17 Å². The normalized spacial score (nSPS) is 18.0. The van der Waals surface area contributed by atoms with Crippen LogP contribution in [0.5, 0.6) is 0 Å². The molecule has 0 radical (unpaired) electrons. The van der Waals surface area contributed by atoms with Gasteiger partial charge < -0.3 is 0 Å². The van der Waals surface area contributed by atoms with Gasteiger partial charge in [0.1, 0.15) is 0 Å². The number of rotatable bonds is 3. The third-order valence-electron chi connectivity index (χ3n) is 4.54. The zero-order valence-corrected chi connectivity index (χ0v) is 17.4. The van der Waals surface area contributed by atoms with Crippen LogP contribution < -0.4 is 0 Å². The number of hydrogen-bond donors (Lipinski definition) is 0. The predicted molar refractivity (Wildman–Crippen MR) is 116 cm³/mol. The number of likely N-dealkylation sites (N-methyl/N-ethyl adjacent to an activating group) is 1. The smallest absolute Gasteiger partial charge is 0.266 e. The van der Waals surface area contributed by atoms with Crippen molar-refractivity contribution < 1.29 is 4.79 Å². The summed E-state index contributed by atoms with van der Waals surface area (Å²) in [5.41, 5.74) is 4.50. The van der Waals surface area contributed by atoms with E-state index in [2.05, 4.69) is 57.0 Å². The molecule has 2 aromatic carbocycles. The second kappa shape index (κ2) is 7.73. The van der Waals surface area contributed by atoms with Crippen molar-refractivity contribution in [1.82, 2.24) is 4.90 Å². The van der Waals surface area contributed by atoms with E-state index in [4.69, 9.17) is 0 Å². The largest absolute Gasteiger partial charge is 0.287 e. The minimum absolute atomic E-state index is 0.0215. The summed E-state index contributed by atoms with van der Waals surface area (Å²) in [5.74, 6) is 0.0215. The summed E-state index contributed by atoms with van der Waals surface area (Å²) >= 11 is 1.44. The van der Waals surface area contributed by atoms with Gasteiger partial charge >= 0.3 is 0 Å². The molecule has 4 heteroatoms. The average Bonchev–Trinajstić information content (AvgIpc) is 2.91. The summed E-state index contributed by atoms with van der Waals surface area (Å²) in [6.45, 7) is 11.2. The fraction of sp³-hybridized carbons (Fsp3) is 0.304. The molecule has 0 atom stereocenters. The van der Waals surface area contributed by atoms with Crippen molar-refractivity contribution in [2.45, 2.75) is 40.0 Å². The summed E-state index contributed by atoms with van der Waals surface area (Å²) in [5, 5.41) is 0.740. The van der Waals surface area contributed by atoms with E-state index in [0.29, 0.717) is 11.4 Å². The minimum atomic E-state index is 0.0215. The lowest BCUT2D eigenvalue weighted by Gasteiger charge is -2.18. The van der Waals surface area contributed by atoms with Gasteiger partial charge in [-0.15, -0.1) is 0 Å². The first-order valence-electron chi connectivity index (χ1n) is 9.25. The Bertz CT molecular complexity index is 887. The summed E-state index contributed by atoms with van der Waals surface area (Å²) in [7, 11) is 0. The third-order valence-corrected chi connectivity index (χ3v) is 5.54. The zero-order chi connectivity index (χ0) is 19.6. The van der Waals surface area contributed by atoms with Crippen molar-refractivity contribution in [1.29, 1.82) is 0 Å². The van der Waals surface area contributed by atoms with Gasteiger partial charge in [0.2, 0.25) is 0 Å². The Hall–Kier alpha value is -2.33. The van der Waals surface area contributed by atoms with Crippen LogP contribution in [-0.2, 0) is 10.2 Å². The lowest BCUT2D eigenvalue weighted by Crippen LogP contribution is -2.28. The van der Waals surface area contributed by atoms with Crippen LogP contribution in [0.1, 0.15) is 44.4 Å². The Labute approximate surface area is 166 Å². The molecule has 3 nitrogen and oxygen atoms in total. The van der Waals surface area contributed by atoms with Gasteiger partial charge in [-0.1, -0.05) is 62.7 Å². The second-order valence-electron chi connectivity index (χ2n) is 7.76. The van der Waals surface area contributed by atoms with E-state index in [-0.39, 0.29) is 11.3 Å². The number of amidine groups is 1. The molecule has 0 bridgehead atoms. The van der Waals surface area contributed by atoms with Crippen LogP contribution in [0.4, 0.5) is 5.69 Å². The van der Waals surface area contributed by atoms with Crippen molar-refractivity contribution in [2.24, 2.45) is 4.99 Å². The van der Waals surface area contributed by atoms with Crippen molar-refractivity contribution >= 4 is 34.6 Å². The summed E-state index contributed by atoms with van der Waals surface area (Å²) in [6.07, 6.45) is 1.96. The van der Waals surface area contributed by atoms with E-state index in [0.717, 1.165) is 16.4 Å². The molecule has 0 aromatic heterocycles. The van der Waals surface area contributed by atoms with E-state index < -0.39 is 0 Å². The SMILES string of the molecule is CCN1C(=O)/C(=C\c2ccc(C(C)(C)C)cc2)SC1=Nc1ccc(C)cc1. The maximum Gasteiger partial charge on any atom is 0.266 e. The van der Waals surface area contributed by atoms with Crippen molar-refractivity contribution in [3.8, 4) is 0 Å². The molecule has 0 unspecified atom stereocenters. The van der Waals surface area contributed by atoms with Crippen molar-refractivity contribution in [3.63, 3.8) is 0 Å². The molecule has 0 saturated carbocycles. The van der Waals surface area contributed by atoms with E-state index in [1.54, 1.807) is 4.90 Å². The van der Waals surface area contributed by atoms with E-state index in [9.17, 15) is 4.79 Å². The fourth-order valence-corrected chi connectivity index (χ4v) is 3.89. The van der Waals surface area contributed by atoms with Crippen LogP contribution in [0, 0.1) is 6.92 Å². The number of carbonyl (C=O) groups excluding carboxylic acids is 1. The molecular weight excluding hydrogens is 352 g/mol. The van der Waals surface area contributed by atoms with E-state index in [1.165, 1.54) is 22.9 Å². The summed E-state index contributed by atoms with van der Waals surface area (Å²) < 4.78 is 0. The number of carbonyl (C=O) groups is 1. The second-order valence-corrected chi connectivity index (χ2v) is 8.77. The molecule has 0 spiro atoms. The maximum atomic E-state index is 12.8. The Balaban J connectivity index is 1.87. The van der Waals surface area contributed by atoms with Gasteiger partial charge in [-0.3, -0.25) is 9.69 Å². The molecule has 1 fully saturated rings. The van der Waals surface area contributed by atoms with Crippen LogP contribution in [0.25, 0.3) is 6.08 Å². The van der Waals surface area contributed by atoms with Crippen molar-refractivity contribution in [3.05, 3.63) is 70.1 Å². The number of aryl methyl sites for hydroxylation is 1. The average molecular weight is 379 g/mol. The fourth-order valence-electron chi connectivity index (χ4n) is 2.83. The van der Waals surface area contributed by atoms with Crippen LogP contribution in [0.15, 0.2) is 58.4 Å². The van der Waals surface area contributed by atoms with Gasteiger partial charge in [-0.2, -0.15) is 0 Å². The molecule has 27 heavy (non-hydrogen) atoms. The van der Waals surface area contributed by atoms with E-state index in [1.807, 2.05) is 37.3 Å². The molecule has 1 saturated heterocycles. The highest BCUT2D eigenvalue weighted by Crippen LogP contribution is 2.34. The number of benzene rings is 2. The minimum Gasteiger partial charge on any atom is -0.287 e. The molecule has 2 aromatic rings. The molecule has 1 aliphatic rings. The molecule has 1 heterocycles. The molecule has 3 rings (SSSR count). The lowest BCUT2D eigenvalue weighted by molar-refractivity contribution is -0.122. The van der Waals surface area contributed by atoms with Gasteiger partial charge in [0.05, 0.1) is 10.6 Å². The lowest BCUT2D eigenvalue weighted by atomic mass is 9.87. The Morgan fingerprint density at radius 2 is 1.67 bits per heavy atom. The number of aliphatic imine (C=N–C) groups is 1. The van der Waals surface area contributed by atoms with Gasteiger partial charge in [-0.25, -0.2) is 4.99 Å². The molecule has 1 aliphatic heterocycles. The molecule has 0 N–H and O–H groups in total. The highest BCUT2D eigenvalue weighted by Gasteiger charge is 2.32. The molecule has 140 valence electrons. The summed E-state index contributed by atoms with van der Waals surface area (Å²) in [4.78, 5) is 19.9. The first-order valence-corrected chi connectivity index (χ1v) is 10.1. The first-order chi connectivity index (χ1) is 12.8. The Morgan fingerprint density at radius 1 is 1.04 bits per heavy atom. The van der Waals surface area contributed by atoms with E-state index >= 15 is 0 Å². The number of amides is 1. The number of thioether (sulfide) groups is 1. The number of hydrogen-bond acceptors (Lipinski definition) is 3. The van der Waals surface area contributed by atoms with Crippen LogP contribution in [0.2, 0.25) is 0 Å². The van der Waals surface area contributed by atoms with Gasteiger partial charge in [0, 0.05) is 6.54 Å². The summed E-state index contributed by atoms with van der Waals surface area (Å²) in [6, 6.07) is 16.4. The number of nitrogens with zero attached hydrogens (tertiary/aromatic N) is 2. The molecule has 1 amide bonds. The highest BCUT2D eigenvalue weighted by atomic mass is 32.2. The van der Waals surface area contributed by atoms with Crippen LogP contribution in [0.3, 0.4) is 0 Å².